The maximum absolute atomic E-state index is 13.2. The molecule has 0 fully saturated rings. The first-order valence-corrected chi connectivity index (χ1v) is 5.66. The number of rotatable bonds is 2. The van der Waals surface area contributed by atoms with Gasteiger partial charge in [0.15, 0.2) is 0 Å². The van der Waals surface area contributed by atoms with Crippen molar-refractivity contribution in [2.24, 2.45) is 0 Å². The number of hydrogen-bond donors (Lipinski definition) is 0. The highest BCUT2D eigenvalue weighted by Crippen LogP contribution is 2.36. The van der Waals surface area contributed by atoms with E-state index in [-0.39, 0.29) is 5.56 Å². The van der Waals surface area contributed by atoms with Gasteiger partial charge in [-0.25, -0.2) is 4.98 Å². The van der Waals surface area contributed by atoms with Crippen LogP contribution in [0.4, 0.5) is 30.7 Å². The maximum atomic E-state index is 13.2. The van der Waals surface area contributed by atoms with Crippen molar-refractivity contribution in [3.63, 3.8) is 0 Å². The van der Waals surface area contributed by atoms with E-state index in [0.717, 1.165) is 12.1 Å². The van der Waals surface area contributed by atoms with Crippen LogP contribution < -0.4 is 4.74 Å². The molecular weight excluding hydrogens is 319 g/mol. The molecule has 0 unspecified atom stereocenters. The second-order valence-corrected chi connectivity index (χ2v) is 4.11. The number of ether oxygens (including phenoxy) is 1. The summed E-state index contributed by atoms with van der Waals surface area (Å²) in [5.41, 5.74) is -2.32. The van der Waals surface area contributed by atoms with E-state index in [1.54, 1.807) is 0 Å². The zero-order chi connectivity index (χ0) is 16.5. The molecule has 2 rings (SSSR count). The summed E-state index contributed by atoms with van der Waals surface area (Å²) in [4.78, 5) is 2.68. The first-order valence-electron chi connectivity index (χ1n) is 5.66. The fourth-order valence-electron chi connectivity index (χ4n) is 1.72. The molecule has 0 bridgehead atoms. The van der Waals surface area contributed by atoms with Gasteiger partial charge in [0.05, 0.1) is 0 Å². The molecule has 0 saturated carbocycles. The first-order chi connectivity index (χ1) is 10.1. The largest absolute Gasteiger partial charge is 0.573 e. The number of aromatic nitrogens is 1. The summed E-state index contributed by atoms with van der Waals surface area (Å²) in [6.07, 6.45) is -9.97. The number of benzene rings is 1. The predicted molar refractivity (Wildman–Crippen MR) is 61.3 cm³/mol. The van der Waals surface area contributed by atoms with Crippen LogP contribution in [0, 0.1) is 5.95 Å². The van der Waals surface area contributed by atoms with Crippen LogP contribution in [-0.4, -0.2) is 11.3 Å². The van der Waals surface area contributed by atoms with Crippen LogP contribution in [0.3, 0.4) is 0 Å². The Morgan fingerprint density at radius 1 is 0.909 bits per heavy atom. The van der Waals surface area contributed by atoms with Crippen molar-refractivity contribution in [3.05, 3.63) is 48.0 Å². The minimum Gasteiger partial charge on any atom is -0.405 e. The van der Waals surface area contributed by atoms with E-state index in [1.165, 1.54) is 12.1 Å². The summed E-state index contributed by atoms with van der Waals surface area (Å²) in [5, 5.41) is 0. The second-order valence-electron chi connectivity index (χ2n) is 4.11. The molecule has 2 aromatic rings. The third-order valence-corrected chi connectivity index (χ3v) is 2.51. The number of hydrogen-bond acceptors (Lipinski definition) is 2. The number of para-hydroxylation sites is 1. The maximum Gasteiger partial charge on any atom is 0.573 e. The summed E-state index contributed by atoms with van der Waals surface area (Å²) in [7, 11) is 0. The summed E-state index contributed by atoms with van der Waals surface area (Å²) < 4.78 is 91.6. The van der Waals surface area contributed by atoms with E-state index in [0.29, 0.717) is 12.1 Å². The fraction of sp³-hybridized carbons (Fsp3) is 0.154. The number of alkyl halides is 6. The summed E-state index contributed by atoms with van der Waals surface area (Å²) in [5.74, 6) is -2.21. The molecule has 0 saturated heterocycles. The molecule has 0 atom stereocenters. The van der Waals surface area contributed by atoms with Crippen molar-refractivity contribution < 1.29 is 35.5 Å². The highest BCUT2D eigenvalue weighted by Gasteiger charge is 2.35. The van der Waals surface area contributed by atoms with Crippen molar-refractivity contribution in [2.75, 3.05) is 0 Å². The van der Waals surface area contributed by atoms with E-state index < -0.39 is 35.5 Å². The molecule has 1 aromatic carbocycles. The highest BCUT2D eigenvalue weighted by molar-refractivity contribution is 5.70. The average Bonchev–Trinajstić information content (AvgIpc) is 2.35. The Bertz CT molecular complexity index is 679. The van der Waals surface area contributed by atoms with Gasteiger partial charge in [0, 0.05) is 11.6 Å². The quantitative estimate of drug-likeness (QED) is 0.584. The third-order valence-electron chi connectivity index (χ3n) is 2.51. The SMILES string of the molecule is Fc1cc(-c2ccccc2OC(F)(F)F)cc(C(F)(F)F)n1. The fourth-order valence-corrected chi connectivity index (χ4v) is 1.72. The third kappa shape index (κ3) is 3.86. The van der Waals surface area contributed by atoms with Gasteiger partial charge in [-0.05, 0) is 17.7 Å². The number of pyridine rings is 1. The van der Waals surface area contributed by atoms with Gasteiger partial charge >= 0.3 is 12.5 Å². The number of nitrogens with zero attached hydrogens (tertiary/aromatic N) is 1. The van der Waals surface area contributed by atoms with Gasteiger partial charge < -0.3 is 4.74 Å². The smallest absolute Gasteiger partial charge is 0.405 e. The van der Waals surface area contributed by atoms with Crippen LogP contribution in [-0.2, 0) is 6.18 Å². The van der Waals surface area contributed by atoms with Crippen LogP contribution >= 0.6 is 0 Å². The first kappa shape index (κ1) is 16.1. The zero-order valence-electron chi connectivity index (χ0n) is 10.5. The van der Waals surface area contributed by atoms with E-state index >= 15 is 0 Å². The van der Waals surface area contributed by atoms with E-state index in [4.69, 9.17) is 0 Å². The molecular formula is C13H6F7NO. The van der Waals surface area contributed by atoms with E-state index in [2.05, 4.69) is 9.72 Å². The molecule has 0 spiro atoms. The normalized spacial score (nSPS) is 12.3. The average molecular weight is 325 g/mol. The Balaban J connectivity index is 2.55. The molecule has 0 amide bonds. The standard InChI is InChI=1S/C13H6F7NO/c14-11-6-7(5-10(21-11)12(15,16)17)8-3-1-2-4-9(8)22-13(18,19)20/h1-6H. The Hall–Kier alpha value is -2.32. The second kappa shape index (κ2) is 5.47. The lowest BCUT2D eigenvalue weighted by Crippen LogP contribution is -2.17. The lowest BCUT2D eigenvalue weighted by molar-refractivity contribution is -0.274. The summed E-state index contributed by atoms with van der Waals surface area (Å²) in [6.45, 7) is 0. The van der Waals surface area contributed by atoms with Gasteiger partial charge in [-0.2, -0.15) is 17.6 Å². The van der Waals surface area contributed by atoms with Gasteiger partial charge in [-0.15, -0.1) is 13.2 Å². The van der Waals surface area contributed by atoms with Gasteiger partial charge in [-0.3, -0.25) is 0 Å². The van der Waals surface area contributed by atoms with Crippen molar-refractivity contribution in [1.29, 1.82) is 0 Å². The lowest BCUT2D eigenvalue weighted by Gasteiger charge is -2.14. The van der Waals surface area contributed by atoms with E-state index in [1.807, 2.05) is 0 Å². The van der Waals surface area contributed by atoms with Crippen molar-refractivity contribution in [2.45, 2.75) is 12.5 Å². The molecule has 1 aromatic heterocycles. The van der Waals surface area contributed by atoms with Crippen molar-refractivity contribution in [3.8, 4) is 16.9 Å². The minimum atomic E-state index is -5.03. The van der Waals surface area contributed by atoms with Gasteiger partial charge in [-0.1, -0.05) is 18.2 Å². The zero-order valence-corrected chi connectivity index (χ0v) is 10.5. The minimum absolute atomic E-state index is 0.341. The Morgan fingerprint density at radius 3 is 2.14 bits per heavy atom. The molecule has 22 heavy (non-hydrogen) atoms. The van der Waals surface area contributed by atoms with Crippen molar-refractivity contribution in [1.82, 2.24) is 4.98 Å². The predicted octanol–water partition coefficient (Wildman–Crippen LogP) is 4.81. The van der Waals surface area contributed by atoms with Crippen LogP contribution in [0.25, 0.3) is 11.1 Å². The molecule has 0 radical (unpaired) electrons. The Morgan fingerprint density at radius 2 is 1.55 bits per heavy atom. The molecule has 0 aliphatic carbocycles. The number of halogens is 7. The van der Waals surface area contributed by atoms with Gasteiger partial charge in [0.25, 0.3) is 0 Å². The molecule has 9 heteroatoms. The summed E-state index contributed by atoms with van der Waals surface area (Å²) in [6, 6.07) is 5.51. The molecule has 118 valence electrons. The van der Waals surface area contributed by atoms with Gasteiger partial charge in [0.2, 0.25) is 5.95 Å². The highest BCUT2D eigenvalue weighted by atomic mass is 19.4. The molecule has 0 aliphatic heterocycles. The monoisotopic (exact) mass is 325 g/mol. The Kier molecular flexibility index (Phi) is 3.99. The van der Waals surface area contributed by atoms with Crippen LogP contribution in [0.5, 0.6) is 5.75 Å². The Labute approximate surface area is 119 Å². The van der Waals surface area contributed by atoms with Crippen LogP contribution in [0.2, 0.25) is 0 Å². The molecule has 2 nitrogen and oxygen atoms in total. The molecule has 1 heterocycles. The topological polar surface area (TPSA) is 22.1 Å². The van der Waals surface area contributed by atoms with Crippen molar-refractivity contribution >= 4 is 0 Å². The van der Waals surface area contributed by atoms with Crippen LogP contribution in [0.1, 0.15) is 5.69 Å². The van der Waals surface area contributed by atoms with E-state index in [9.17, 15) is 30.7 Å². The lowest BCUT2D eigenvalue weighted by atomic mass is 10.0. The molecule has 0 N–H and O–H groups in total. The van der Waals surface area contributed by atoms with Gasteiger partial charge in [0.1, 0.15) is 11.4 Å². The van der Waals surface area contributed by atoms with Crippen LogP contribution in [0.15, 0.2) is 36.4 Å². The molecule has 0 aliphatic rings. The summed E-state index contributed by atoms with van der Waals surface area (Å²) >= 11 is 0.